The Balaban J connectivity index is 2.46. The molecule has 21 heavy (non-hydrogen) atoms. The van der Waals surface area contributed by atoms with E-state index >= 15 is 0 Å². The molecule has 2 aromatic rings. The van der Waals surface area contributed by atoms with Crippen LogP contribution in [-0.4, -0.2) is 22.1 Å². The van der Waals surface area contributed by atoms with E-state index in [1.54, 1.807) is 18.4 Å². The van der Waals surface area contributed by atoms with Crippen molar-refractivity contribution in [3.05, 3.63) is 63.5 Å². The van der Waals surface area contributed by atoms with Crippen molar-refractivity contribution in [3.8, 4) is 0 Å². The Morgan fingerprint density at radius 3 is 2.57 bits per heavy atom. The lowest BCUT2D eigenvalue weighted by molar-refractivity contribution is -0.385. The number of benzene rings is 1. The molecule has 0 atom stereocenters. The number of ether oxygens (including phenoxy) is 1. The summed E-state index contributed by atoms with van der Waals surface area (Å²) in [6.07, 6.45) is 0. The molecular weight excluding hydrogens is 272 g/mol. The quantitative estimate of drug-likeness (QED) is 0.481. The van der Waals surface area contributed by atoms with Gasteiger partial charge in [0.25, 0.3) is 5.69 Å². The van der Waals surface area contributed by atoms with Crippen LogP contribution < -0.4 is 0 Å². The molecule has 6 heteroatoms. The molecule has 2 rings (SSSR count). The van der Waals surface area contributed by atoms with Crippen LogP contribution in [-0.2, 0) is 11.3 Å². The van der Waals surface area contributed by atoms with Crippen molar-refractivity contribution < 1.29 is 14.5 Å². The van der Waals surface area contributed by atoms with E-state index in [2.05, 4.69) is 0 Å². The van der Waals surface area contributed by atoms with Crippen molar-refractivity contribution in [2.45, 2.75) is 20.4 Å². The first-order chi connectivity index (χ1) is 10.0. The molecule has 0 aliphatic heterocycles. The summed E-state index contributed by atoms with van der Waals surface area (Å²) >= 11 is 0. The van der Waals surface area contributed by atoms with E-state index in [1.165, 1.54) is 6.07 Å². The van der Waals surface area contributed by atoms with Gasteiger partial charge in [-0.3, -0.25) is 10.1 Å². The standard InChI is InChI=1S/C15H16N2O4/c1-3-21-15(18)14-9-13(17(19)20)11(2)16(14)10-12-7-5-4-6-8-12/h4-9H,3,10H2,1-2H3. The Labute approximate surface area is 122 Å². The van der Waals surface area contributed by atoms with Crippen LogP contribution >= 0.6 is 0 Å². The molecule has 0 saturated heterocycles. The topological polar surface area (TPSA) is 74.4 Å². The first-order valence-corrected chi connectivity index (χ1v) is 6.60. The number of hydrogen-bond donors (Lipinski definition) is 0. The molecule has 1 aromatic heterocycles. The molecule has 0 N–H and O–H groups in total. The van der Waals surface area contributed by atoms with Gasteiger partial charge in [0.1, 0.15) is 5.69 Å². The van der Waals surface area contributed by atoms with Crippen LogP contribution in [0.2, 0.25) is 0 Å². The van der Waals surface area contributed by atoms with Crippen LogP contribution in [0.1, 0.15) is 28.7 Å². The van der Waals surface area contributed by atoms with Crippen molar-refractivity contribution in [2.75, 3.05) is 6.61 Å². The third kappa shape index (κ3) is 3.10. The molecule has 0 spiro atoms. The summed E-state index contributed by atoms with van der Waals surface area (Å²) in [5.41, 5.74) is 1.52. The van der Waals surface area contributed by atoms with E-state index in [0.29, 0.717) is 12.2 Å². The number of aromatic nitrogens is 1. The summed E-state index contributed by atoms with van der Waals surface area (Å²) in [5, 5.41) is 11.1. The van der Waals surface area contributed by atoms with Gasteiger partial charge in [-0.05, 0) is 19.4 Å². The fraction of sp³-hybridized carbons (Fsp3) is 0.267. The Bertz CT molecular complexity index is 662. The zero-order valence-corrected chi connectivity index (χ0v) is 11.9. The third-order valence-corrected chi connectivity index (χ3v) is 3.20. The number of nitrogens with zero attached hydrogens (tertiary/aromatic N) is 2. The number of nitro groups is 1. The minimum absolute atomic E-state index is 0.0750. The predicted molar refractivity (Wildman–Crippen MR) is 77.3 cm³/mol. The van der Waals surface area contributed by atoms with Crippen LogP contribution in [0.15, 0.2) is 36.4 Å². The molecule has 0 amide bonds. The second kappa shape index (κ2) is 6.21. The minimum Gasteiger partial charge on any atom is -0.461 e. The summed E-state index contributed by atoms with van der Waals surface area (Å²) in [6, 6.07) is 10.7. The predicted octanol–water partition coefficient (Wildman–Crippen LogP) is 2.93. The second-order valence-corrected chi connectivity index (χ2v) is 4.55. The summed E-state index contributed by atoms with van der Waals surface area (Å²) in [6.45, 7) is 3.93. The minimum atomic E-state index is -0.551. The summed E-state index contributed by atoms with van der Waals surface area (Å²) in [4.78, 5) is 22.6. The number of carbonyl (C=O) groups is 1. The van der Waals surface area contributed by atoms with Crippen LogP contribution in [0.3, 0.4) is 0 Å². The number of esters is 1. The van der Waals surface area contributed by atoms with Gasteiger partial charge in [-0.15, -0.1) is 0 Å². The lowest BCUT2D eigenvalue weighted by Crippen LogP contribution is -2.13. The average Bonchev–Trinajstić information content (AvgIpc) is 2.78. The third-order valence-electron chi connectivity index (χ3n) is 3.20. The maximum atomic E-state index is 12.0. The van der Waals surface area contributed by atoms with Gasteiger partial charge in [0, 0.05) is 12.6 Å². The first kappa shape index (κ1) is 14.8. The average molecular weight is 288 g/mol. The normalized spacial score (nSPS) is 10.4. The lowest BCUT2D eigenvalue weighted by Gasteiger charge is -2.10. The highest BCUT2D eigenvalue weighted by molar-refractivity contribution is 5.89. The highest BCUT2D eigenvalue weighted by Gasteiger charge is 2.24. The van der Waals surface area contributed by atoms with E-state index in [4.69, 9.17) is 4.74 Å². The van der Waals surface area contributed by atoms with Crippen LogP contribution in [0.4, 0.5) is 5.69 Å². The monoisotopic (exact) mass is 288 g/mol. The molecule has 0 fully saturated rings. The fourth-order valence-corrected chi connectivity index (χ4v) is 2.16. The fourth-order valence-electron chi connectivity index (χ4n) is 2.16. The Morgan fingerprint density at radius 1 is 1.33 bits per heavy atom. The summed E-state index contributed by atoms with van der Waals surface area (Å²) < 4.78 is 6.59. The SMILES string of the molecule is CCOC(=O)c1cc([N+](=O)[O-])c(C)n1Cc1ccccc1. The molecular formula is C15H16N2O4. The number of carbonyl (C=O) groups excluding carboxylic acids is 1. The van der Waals surface area contributed by atoms with Crippen LogP contribution in [0.5, 0.6) is 0 Å². The maximum Gasteiger partial charge on any atom is 0.355 e. The van der Waals surface area contributed by atoms with Gasteiger partial charge in [0.15, 0.2) is 0 Å². The van der Waals surface area contributed by atoms with Crippen molar-refractivity contribution in [2.24, 2.45) is 0 Å². The Hall–Kier alpha value is -2.63. The van der Waals surface area contributed by atoms with Crippen molar-refractivity contribution in [1.82, 2.24) is 4.57 Å². The molecule has 0 saturated carbocycles. The van der Waals surface area contributed by atoms with E-state index < -0.39 is 10.9 Å². The Morgan fingerprint density at radius 2 is 2.00 bits per heavy atom. The molecule has 1 aromatic carbocycles. The smallest absolute Gasteiger partial charge is 0.355 e. The zero-order valence-electron chi connectivity index (χ0n) is 11.9. The molecule has 0 aliphatic carbocycles. The highest BCUT2D eigenvalue weighted by Crippen LogP contribution is 2.24. The molecule has 110 valence electrons. The van der Waals surface area contributed by atoms with Gasteiger partial charge in [0.05, 0.1) is 17.2 Å². The first-order valence-electron chi connectivity index (χ1n) is 6.60. The molecule has 1 heterocycles. The largest absolute Gasteiger partial charge is 0.461 e. The maximum absolute atomic E-state index is 12.0. The summed E-state index contributed by atoms with van der Waals surface area (Å²) in [7, 11) is 0. The van der Waals surface area contributed by atoms with Gasteiger partial charge >= 0.3 is 5.97 Å². The molecule has 0 unspecified atom stereocenters. The number of rotatable bonds is 5. The molecule has 0 bridgehead atoms. The zero-order chi connectivity index (χ0) is 15.4. The lowest BCUT2D eigenvalue weighted by atomic mass is 10.2. The van der Waals surface area contributed by atoms with Crippen molar-refractivity contribution in [1.29, 1.82) is 0 Å². The van der Waals surface area contributed by atoms with Crippen molar-refractivity contribution >= 4 is 11.7 Å². The van der Waals surface area contributed by atoms with Gasteiger partial charge in [-0.1, -0.05) is 30.3 Å². The van der Waals surface area contributed by atoms with Crippen molar-refractivity contribution in [3.63, 3.8) is 0 Å². The van der Waals surface area contributed by atoms with Crippen LogP contribution in [0.25, 0.3) is 0 Å². The molecule has 0 aliphatic rings. The summed E-state index contributed by atoms with van der Waals surface area (Å²) in [5.74, 6) is -0.551. The number of hydrogen-bond acceptors (Lipinski definition) is 4. The van der Waals surface area contributed by atoms with Crippen LogP contribution in [0, 0.1) is 17.0 Å². The van der Waals surface area contributed by atoms with Gasteiger partial charge in [0.2, 0.25) is 0 Å². The highest BCUT2D eigenvalue weighted by atomic mass is 16.6. The van der Waals surface area contributed by atoms with Gasteiger partial charge < -0.3 is 9.30 Å². The van der Waals surface area contributed by atoms with E-state index in [9.17, 15) is 14.9 Å². The van der Waals surface area contributed by atoms with Gasteiger partial charge in [-0.25, -0.2) is 4.79 Å². The van der Waals surface area contributed by atoms with E-state index in [-0.39, 0.29) is 18.0 Å². The second-order valence-electron chi connectivity index (χ2n) is 4.55. The van der Waals surface area contributed by atoms with Gasteiger partial charge in [-0.2, -0.15) is 0 Å². The molecule has 6 nitrogen and oxygen atoms in total. The molecule has 0 radical (unpaired) electrons. The van der Waals surface area contributed by atoms with E-state index in [0.717, 1.165) is 5.56 Å². The Kier molecular flexibility index (Phi) is 4.37. The van der Waals surface area contributed by atoms with E-state index in [1.807, 2.05) is 30.3 Å².